The van der Waals surface area contributed by atoms with Gasteiger partial charge in [0.15, 0.2) is 5.82 Å². The number of piperidine rings is 1. The molecule has 17 heavy (non-hydrogen) atoms. The molecule has 0 spiro atoms. The Kier molecular flexibility index (Phi) is 4.36. The minimum Gasteiger partial charge on any atom is -0.338 e. The predicted octanol–water partition coefficient (Wildman–Crippen LogP) is 2.05. The number of rotatable bonds is 5. The minimum absolute atomic E-state index is 0.536. The van der Waals surface area contributed by atoms with Crippen molar-refractivity contribution < 1.29 is 4.52 Å². The lowest BCUT2D eigenvalue weighted by atomic mass is 10.0. The maximum absolute atomic E-state index is 4.99. The van der Waals surface area contributed by atoms with E-state index in [0.717, 1.165) is 25.6 Å². The molecule has 1 aliphatic rings. The van der Waals surface area contributed by atoms with Crippen LogP contribution in [0, 0.1) is 6.92 Å². The Morgan fingerprint density at radius 3 is 3.06 bits per heavy atom. The van der Waals surface area contributed by atoms with E-state index in [-0.39, 0.29) is 0 Å². The molecule has 0 saturated carbocycles. The van der Waals surface area contributed by atoms with Crippen LogP contribution in [-0.2, 0) is 0 Å². The van der Waals surface area contributed by atoms with Gasteiger partial charge in [0, 0.05) is 19.1 Å². The molecular formula is C12H22N4O. The zero-order valence-electron chi connectivity index (χ0n) is 10.8. The Morgan fingerprint density at radius 1 is 1.47 bits per heavy atom. The van der Waals surface area contributed by atoms with Gasteiger partial charge < -0.3 is 14.7 Å². The van der Waals surface area contributed by atoms with Crippen LogP contribution in [0.2, 0.25) is 0 Å². The van der Waals surface area contributed by atoms with Crippen molar-refractivity contribution >= 4 is 6.01 Å². The zero-order chi connectivity index (χ0) is 12.1. The molecule has 0 aromatic carbocycles. The van der Waals surface area contributed by atoms with Crippen molar-refractivity contribution in [2.45, 2.75) is 45.6 Å². The predicted molar refractivity (Wildman–Crippen MR) is 67.0 cm³/mol. The summed E-state index contributed by atoms with van der Waals surface area (Å²) in [6.45, 7) is 7.45. The van der Waals surface area contributed by atoms with Crippen LogP contribution in [0.1, 0.15) is 38.4 Å². The maximum Gasteiger partial charge on any atom is 0.321 e. The monoisotopic (exact) mass is 238 g/mol. The first-order chi connectivity index (χ1) is 8.25. The van der Waals surface area contributed by atoms with Crippen molar-refractivity contribution in [2.75, 3.05) is 25.0 Å². The van der Waals surface area contributed by atoms with E-state index in [9.17, 15) is 0 Å². The third kappa shape index (κ3) is 3.70. The van der Waals surface area contributed by atoms with Crippen molar-refractivity contribution in [3.05, 3.63) is 5.82 Å². The Hall–Kier alpha value is -1.10. The summed E-state index contributed by atoms with van der Waals surface area (Å²) in [5, 5.41) is 6.89. The number of aromatic nitrogens is 2. The molecule has 2 rings (SSSR count). The molecule has 96 valence electrons. The second-order valence-corrected chi connectivity index (χ2v) is 4.81. The zero-order valence-corrected chi connectivity index (χ0v) is 10.8. The molecule has 1 fully saturated rings. The summed E-state index contributed by atoms with van der Waals surface area (Å²) in [6.07, 6.45) is 5.19. The van der Waals surface area contributed by atoms with Gasteiger partial charge in [-0.25, -0.2) is 0 Å². The van der Waals surface area contributed by atoms with Gasteiger partial charge in [-0.1, -0.05) is 11.6 Å². The first-order valence-electron chi connectivity index (χ1n) is 6.54. The largest absolute Gasteiger partial charge is 0.338 e. The fourth-order valence-electron chi connectivity index (χ4n) is 2.34. The van der Waals surface area contributed by atoms with Gasteiger partial charge in [0.25, 0.3) is 0 Å². The normalized spacial score (nSPS) is 21.6. The highest BCUT2D eigenvalue weighted by atomic mass is 16.5. The Morgan fingerprint density at radius 2 is 2.35 bits per heavy atom. The van der Waals surface area contributed by atoms with E-state index in [1.54, 1.807) is 0 Å². The van der Waals surface area contributed by atoms with E-state index < -0.39 is 0 Å². The van der Waals surface area contributed by atoms with E-state index in [0.29, 0.717) is 11.8 Å². The summed E-state index contributed by atoms with van der Waals surface area (Å²) in [5.41, 5.74) is 0. The van der Waals surface area contributed by atoms with Crippen LogP contribution in [0.25, 0.3) is 0 Å². The molecule has 0 radical (unpaired) electrons. The molecule has 1 aliphatic heterocycles. The molecule has 0 bridgehead atoms. The van der Waals surface area contributed by atoms with Gasteiger partial charge in [-0.3, -0.25) is 0 Å². The molecule has 5 heteroatoms. The van der Waals surface area contributed by atoms with Crippen molar-refractivity contribution in [1.29, 1.82) is 0 Å². The van der Waals surface area contributed by atoms with Crippen LogP contribution in [0.4, 0.5) is 6.01 Å². The maximum atomic E-state index is 4.99. The molecule has 1 aromatic rings. The standard InChI is InChI=1S/C12H22N4O/c1-10-6-3-4-8-16(10)9-5-7-13-12-14-11(2)15-17-12/h10H,3-9H2,1-2H3,(H,13,14,15). The van der Waals surface area contributed by atoms with Crippen LogP contribution < -0.4 is 5.32 Å². The topological polar surface area (TPSA) is 54.2 Å². The first-order valence-corrected chi connectivity index (χ1v) is 6.54. The van der Waals surface area contributed by atoms with Crippen LogP contribution >= 0.6 is 0 Å². The highest BCUT2D eigenvalue weighted by Gasteiger charge is 2.17. The van der Waals surface area contributed by atoms with E-state index in [1.165, 1.54) is 25.8 Å². The average Bonchev–Trinajstić information content (AvgIpc) is 2.73. The number of aryl methyl sites for hydroxylation is 1. The number of hydrogen-bond acceptors (Lipinski definition) is 5. The van der Waals surface area contributed by atoms with Crippen LogP contribution in [0.3, 0.4) is 0 Å². The first kappa shape index (κ1) is 12.4. The average molecular weight is 238 g/mol. The molecule has 1 atom stereocenters. The second-order valence-electron chi connectivity index (χ2n) is 4.81. The van der Waals surface area contributed by atoms with E-state index in [1.807, 2.05) is 6.92 Å². The summed E-state index contributed by atoms with van der Waals surface area (Å²) < 4.78 is 4.99. The number of nitrogens with zero attached hydrogens (tertiary/aromatic N) is 3. The van der Waals surface area contributed by atoms with Gasteiger partial charge in [0.1, 0.15) is 0 Å². The van der Waals surface area contributed by atoms with Gasteiger partial charge in [-0.2, -0.15) is 4.98 Å². The van der Waals surface area contributed by atoms with E-state index >= 15 is 0 Å². The summed E-state index contributed by atoms with van der Waals surface area (Å²) in [5.74, 6) is 0.678. The molecule has 0 amide bonds. The van der Waals surface area contributed by atoms with Crippen molar-refractivity contribution in [1.82, 2.24) is 15.0 Å². The summed E-state index contributed by atoms with van der Waals surface area (Å²) in [4.78, 5) is 6.68. The SMILES string of the molecule is Cc1noc(NCCCN2CCCCC2C)n1. The lowest BCUT2D eigenvalue weighted by Crippen LogP contribution is -2.38. The summed E-state index contributed by atoms with van der Waals surface area (Å²) >= 11 is 0. The molecule has 2 heterocycles. The Bertz CT molecular complexity index is 339. The smallest absolute Gasteiger partial charge is 0.321 e. The molecule has 5 nitrogen and oxygen atoms in total. The number of anilines is 1. The molecule has 1 N–H and O–H groups in total. The Balaban J connectivity index is 1.62. The van der Waals surface area contributed by atoms with Crippen molar-refractivity contribution in [3.63, 3.8) is 0 Å². The van der Waals surface area contributed by atoms with E-state index in [4.69, 9.17) is 4.52 Å². The fourth-order valence-corrected chi connectivity index (χ4v) is 2.34. The van der Waals surface area contributed by atoms with Crippen molar-refractivity contribution in [2.24, 2.45) is 0 Å². The summed E-state index contributed by atoms with van der Waals surface area (Å²) in [6, 6.07) is 1.28. The lowest BCUT2D eigenvalue weighted by molar-refractivity contribution is 0.160. The summed E-state index contributed by atoms with van der Waals surface area (Å²) in [7, 11) is 0. The number of hydrogen-bond donors (Lipinski definition) is 1. The van der Waals surface area contributed by atoms with Gasteiger partial charge in [-0.05, 0) is 39.7 Å². The molecular weight excluding hydrogens is 216 g/mol. The fraction of sp³-hybridized carbons (Fsp3) is 0.833. The molecule has 1 unspecified atom stereocenters. The van der Waals surface area contributed by atoms with Gasteiger partial charge >= 0.3 is 6.01 Å². The number of nitrogens with one attached hydrogen (secondary N) is 1. The van der Waals surface area contributed by atoms with Gasteiger partial charge in [-0.15, -0.1) is 0 Å². The highest BCUT2D eigenvalue weighted by molar-refractivity contribution is 5.17. The quantitative estimate of drug-likeness (QED) is 0.796. The third-order valence-corrected chi connectivity index (χ3v) is 3.37. The molecule has 1 aromatic heterocycles. The number of likely N-dealkylation sites (tertiary alicyclic amines) is 1. The van der Waals surface area contributed by atoms with E-state index in [2.05, 4.69) is 27.3 Å². The molecule has 1 saturated heterocycles. The Labute approximate surface area is 103 Å². The van der Waals surface area contributed by atoms with Gasteiger partial charge in [0.2, 0.25) is 0 Å². The van der Waals surface area contributed by atoms with Crippen LogP contribution in [-0.4, -0.2) is 40.7 Å². The van der Waals surface area contributed by atoms with Crippen molar-refractivity contribution in [3.8, 4) is 0 Å². The third-order valence-electron chi connectivity index (χ3n) is 3.37. The van der Waals surface area contributed by atoms with Gasteiger partial charge in [0.05, 0.1) is 0 Å². The highest BCUT2D eigenvalue weighted by Crippen LogP contribution is 2.16. The minimum atomic E-state index is 0.536. The molecule has 0 aliphatic carbocycles. The van der Waals surface area contributed by atoms with Crippen LogP contribution in [0.15, 0.2) is 4.52 Å². The second kappa shape index (κ2) is 6.00. The lowest BCUT2D eigenvalue weighted by Gasteiger charge is -2.33. The van der Waals surface area contributed by atoms with Crippen LogP contribution in [0.5, 0.6) is 0 Å².